The summed E-state index contributed by atoms with van der Waals surface area (Å²) in [5.41, 5.74) is 0.703. The number of alkyl halides is 3. The van der Waals surface area contributed by atoms with E-state index in [0.717, 1.165) is 4.31 Å². The van der Waals surface area contributed by atoms with Crippen molar-refractivity contribution in [3.8, 4) is 5.69 Å². The number of hydrogen-bond donors (Lipinski definition) is 0. The molecule has 1 aromatic heterocycles. The van der Waals surface area contributed by atoms with Crippen LogP contribution in [0.1, 0.15) is 0 Å². The first-order chi connectivity index (χ1) is 11.3. The minimum Gasteiger partial charge on any atom is -0.366 e. The van der Waals surface area contributed by atoms with Crippen LogP contribution in [0.4, 0.5) is 13.2 Å². The Morgan fingerprint density at radius 1 is 1.21 bits per heavy atom. The first kappa shape index (κ1) is 16.9. The van der Waals surface area contributed by atoms with E-state index < -0.39 is 28.9 Å². The Kier molecular flexibility index (Phi) is 4.37. The molecule has 0 aliphatic carbocycles. The molecule has 130 valence electrons. The standard InChI is InChI=1S/C14H14F3N3O3S/c15-14(16,17)10-23-12-8-19(9-12)24(21,22)13-4-2-11(3-5-13)20-7-1-6-18-20/h1-7,12H,8-10H2. The Bertz CT molecular complexity index is 783. The Labute approximate surface area is 136 Å². The maximum atomic E-state index is 12.4. The van der Waals surface area contributed by atoms with Gasteiger partial charge in [0.15, 0.2) is 0 Å². The summed E-state index contributed by atoms with van der Waals surface area (Å²) < 4.78 is 68.3. The molecule has 0 atom stereocenters. The van der Waals surface area contributed by atoms with Gasteiger partial charge in [-0.25, -0.2) is 13.1 Å². The van der Waals surface area contributed by atoms with Crippen LogP contribution in [0.3, 0.4) is 0 Å². The van der Waals surface area contributed by atoms with E-state index in [1.54, 1.807) is 35.3 Å². The molecule has 0 radical (unpaired) electrons. The molecule has 1 fully saturated rings. The van der Waals surface area contributed by atoms with Crippen molar-refractivity contribution in [3.63, 3.8) is 0 Å². The molecule has 1 saturated heterocycles. The lowest BCUT2D eigenvalue weighted by molar-refractivity contribution is -0.194. The number of hydrogen-bond acceptors (Lipinski definition) is 4. The van der Waals surface area contributed by atoms with Crippen LogP contribution >= 0.6 is 0 Å². The third kappa shape index (κ3) is 3.60. The zero-order valence-corrected chi connectivity index (χ0v) is 13.2. The number of ether oxygens (including phenoxy) is 1. The quantitative estimate of drug-likeness (QED) is 0.815. The molecule has 0 N–H and O–H groups in total. The van der Waals surface area contributed by atoms with Crippen molar-refractivity contribution in [1.29, 1.82) is 0 Å². The Hall–Kier alpha value is -1.91. The van der Waals surface area contributed by atoms with Crippen LogP contribution in [0.25, 0.3) is 5.69 Å². The molecule has 24 heavy (non-hydrogen) atoms. The van der Waals surface area contributed by atoms with Gasteiger partial charge in [-0.3, -0.25) is 0 Å². The molecule has 0 spiro atoms. The molecular weight excluding hydrogens is 347 g/mol. The van der Waals surface area contributed by atoms with Gasteiger partial charge in [-0.05, 0) is 30.3 Å². The van der Waals surface area contributed by atoms with Gasteiger partial charge in [0.25, 0.3) is 0 Å². The molecule has 10 heteroatoms. The highest BCUT2D eigenvalue weighted by molar-refractivity contribution is 7.89. The van der Waals surface area contributed by atoms with E-state index in [1.165, 1.54) is 12.1 Å². The number of halogens is 3. The lowest BCUT2D eigenvalue weighted by Crippen LogP contribution is -2.55. The lowest BCUT2D eigenvalue weighted by Gasteiger charge is -2.37. The predicted octanol–water partition coefficient (Wildman–Crippen LogP) is 1.82. The van der Waals surface area contributed by atoms with Gasteiger partial charge in [0, 0.05) is 25.5 Å². The van der Waals surface area contributed by atoms with Gasteiger partial charge in [-0.1, -0.05) is 0 Å². The second-order valence-corrected chi connectivity index (χ2v) is 7.25. The van der Waals surface area contributed by atoms with E-state index in [1.807, 2.05) is 0 Å². The molecule has 1 aromatic carbocycles. The Morgan fingerprint density at radius 3 is 2.42 bits per heavy atom. The topological polar surface area (TPSA) is 64.4 Å². The van der Waals surface area contributed by atoms with Crippen LogP contribution in [-0.2, 0) is 14.8 Å². The van der Waals surface area contributed by atoms with Gasteiger partial charge < -0.3 is 4.74 Å². The lowest BCUT2D eigenvalue weighted by atomic mass is 10.2. The number of rotatable bonds is 5. The molecule has 3 rings (SSSR count). The van der Waals surface area contributed by atoms with Crippen LogP contribution in [0.15, 0.2) is 47.6 Å². The third-order valence-corrected chi connectivity index (χ3v) is 5.39. The molecular formula is C14H14F3N3O3S. The number of benzene rings is 1. The normalized spacial score (nSPS) is 17.0. The summed E-state index contributed by atoms with van der Waals surface area (Å²) in [6.45, 7) is -1.54. The Morgan fingerprint density at radius 2 is 1.88 bits per heavy atom. The van der Waals surface area contributed by atoms with Crippen molar-refractivity contribution in [2.75, 3.05) is 19.7 Å². The molecule has 6 nitrogen and oxygen atoms in total. The Balaban J connectivity index is 1.62. The largest absolute Gasteiger partial charge is 0.411 e. The van der Waals surface area contributed by atoms with Crippen molar-refractivity contribution >= 4 is 10.0 Å². The maximum Gasteiger partial charge on any atom is 0.411 e. The number of aromatic nitrogens is 2. The fraction of sp³-hybridized carbons (Fsp3) is 0.357. The zero-order chi connectivity index (χ0) is 17.4. The van der Waals surface area contributed by atoms with Crippen LogP contribution in [-0.4, -0.2) is 54.5 Å². The summed E-state index contributed by atoms with van der Waals surface area (Å²) in [5, 5.41) is 4.04. The van der Waals surface area contributed by atoms with Crippen LogP contribution in [0, 0.1) is 0 Å². The molecule has 2 aromatic rings. The van der Waals surface area contributed by atoms with Crippen molar-refractivity contribution in [3.05, 3.63) is 42.7 Å². The zero-order valence-electron chi connectivity index (χ0n) is 12.3. The van der Waals surface area contributed by atoms with Gasteiger partial charge in [0.1, 0.15) is 6.61 Å². The summed E-state index contributed by atoms with van der Waals surface area (Å²) in [7, 11) is -3.73. The van der Waals surface area contributed by atoms with Gasteiger partial charge in [0.2, 0.25) is 10.0 Å². The van der Waals surface area contributed by atoms with E-state index in [4.69, 9.17) is 0 Å². The van der Waals surface area contributed by atoms with E-state index in [0.29, 0.717) is 5.69 Å². The van der Waals surface area contributed by atoms with E-state index in [2.05, 4.69) is 9.84 Å². The number of sulfonamides is 1. The summed E-state index contributed by atoms with van der Waals surface area (Å²) >= 11 is 0. The smallest absolute Gasteiger partial charge is 0.366 e. The van der Waals surface area contributed by atoms with Gasteiger partial charge in [-0.15, -0.1) is 0 Å². The minimum atomic E-state index is -4.42. The molecule has 0 unspecified atom stereocenters. The highest BCUT2D eigenvalue weighted by atomic mass is 32.2. The van der Waals surface area contributed by atoms with E-state index in [9.17, 15) is 21.6 Å². The third-order valence-electron chi connectivity index (χ3n) is 3.54. The minimum absolute atomic E-state index is 0.0766. The van der Waals surface area contributed by atoms with Gasteiger partial charge in [-0.2, -0.15) is 22.6 Å². The van der Waals surface area contributed by atoms with Crippen molar-refractivity contribution in [2.45, 2.75) is 17.2 Å². The summed E-state index contributed by atoms with van der Waals surface area (Å²) in [4.78, 5) is 0.0766. The summed E-state index contributed by atoms with van der Waals surface area (Å²) in [6.07, 6.45) is -1.82. The maximum absolute atomic E-state index is 12.4. The van der Waals surface area contributed by atoms with E-state index in [-0.39, 0.29) is 18.0 Å². The van der Waals surface area contributed by atoms with Gasteiger partial charge in [0.05, 0.1) is 16.7 Å². The van der Waals surface area contributed by atoms with Crippen molar-refractivity contribution in [2.24, 2.45) is 0 Å². The second-order valence-electron chi connectivity index (χ2n) is 5.31. The first-order valence-corrected chi connectivity index (χ1v) is 8.48. The highest BCUT2D eigenvalue weighted by Gasteiger charge is 2.39. The van der Waals surface area contributed by atoms with Gasteiger partial charge >= 0.3 is 6.18 Å². The fourth-order valence-electron chi connectivity index (χ4n) is 2.26. The molecule has 1 aliphatic heterocycles. The fourth-order valence-corrected chi connectivity index (χ4v) is 3.76. The predicted molar refractivity (Wildman–Crippen MR) is 78.1 cm³/mol. The monoisotopic (exact) mass is 361 g/mol. The van der Waals surface area contributed by atoms with Crippen LogP contribution in [0.5, 0.6) is 0 Å². The SMILES string of the molecule is O=S(=O)(c1ccc(-n2cccn2)cc1)N1CC(OCC(F)(F)F)C1. The highest BCUT2D eigenvalue weighted by Crippen LogP contribution is 2.25. The number of nitrogens with zero attached hydrogens (tertiary/aromatic N) is 3. The van der Waals surface area contributed by atoms with Crippen LogP contribution < -0.4 is 0 Å². The average Bonchev–Trinajstić information content (AvgIpc) is 2.98. The summed E-state index contributed by atoms with van der Waals surface area (Å²) in [5.74, 6) is 0. The molecule has 1 aliphatic rings. The molecule has 2 heterocycles. The van der Waals surface area contributed by atoms with E-state index >= 15 is 0 Å². The summed E-state index contributed by atoms with van der Waals surface area (Å²) in [6, 6.07) is 7.84. The molecule has 0 amide bonds. The average molecular weight is 361 g/mol. The second kappa shape index (κ2) is 6.19. The molecule has 0 saturated carbocycles. The van der Waals surface area contributed by atoms with Crippen molar-refractivity contribution < 1.29 is 26.3 Å². The van der Waals surface area contributed by atoms with Crippen LogP contribution in [0.2, 0.25) is 0 Å². The van der Waals surface area contributed by atoms with Crippen molar-refractivity contribution in [1.82, 2.24) is 14.1 Å². The first-order valence-electron chi connectivity index (χ1n) is 7.04. The molecule has 0 bridgehead atoms.